The van der Waals surface area contributed by atoms with E-state index < -0.39 is 0 Å². The van der Waals surface area contributed by atoms with Gasteiger partial charge in [-0.25, -0.2) is 0 Å². The molecule has 0 spiro atoms. The van der Waals surface area contributed by atoms with Gasteiger partial charge in [0.25, 0.3) is 0 Å². The monoisotopic (exact) mass is 246 g/mol. The van der Waals surface area contributed by atoms with E-state index >= 15 is 0 Å². The largest absolute Gasteiger partial charge is 0.311 e. The fourth-order valence-electron chi connectivity index (χ4n) is 2.72. The van der Waals surface area contributed by atoms with Gasteiger partial charge in [-0.3, -0.25) is 4.90 Å². The lowest BCUT2D eigenvalue weighted by Gasteiger charge is -2.32. The Morgan fingerprint density at radius 3 is 2.61 bits per heavy atom. The van der Waals surface area contributed by atoms with Gasteiger partial charge in [0, 0.05) is 18.6 Å². The zero-order valence-electron chi connectivity index (χ0n) is 11.7. The molecule has 0 aromatic heterocycles. The summed E-state index contributed by atoms with van der Waals surface area (Å²) in [6.07, 6.45) is 3.76. The van der Waals surface area contributed by atoms with Gasteiger partial charge >= 0.3 is 0 Å². The third-order valence-electron chi connectivity index (χ3n) is 3.93. The summed E-state index contributed by atoms with van der Waals surface area (Å²) in [5, 5.41) is 3.73. The molecular weight excluding hydrogens is 220 g/mol. The molecule has 1 aliphatic heterocycles. The van der Waals surface area contributed by atoms with Gasteiger partial charge in [-0.05, 0) is 44.8 Å². The number of hydrogen-bond acceptors (Lipinski definition) is 2. The summed E-state index contributed by atoms with van der Waals surface area (Å²) in [5.41, 5.74) is 1.44. The van der Waals surface area contributed by atoms with Crippen LogP contribution in [0.25, 0.3) is 0 Å². The van der Waals surface area contributed by atoms with E-state index in [0.29, 0.717) is 12.1 Å². The molecule has 1 aliphatic rings. The molecule has 2 rings (SSSR count). The fraction of sp³-hybridized carbons (Fsp3) is 0.625. The third-order valence-corrected chi connectivity index (χ3v) is 3.93. The van der Waals surface area contributed by atoms with E-state index in [-0.39, 0.29) is 0 Å². The molecule has 0 bridgehead atoms. The Morgan fingerprint density at radius 1 is 1.17 bits per heavy atom. The van der Waals surface area contributed by atoms with E-state index in [1.54, 1.807) is 0 Å². The van der Waals surface area contributed by atoms with Crippen molar-refractivity contribution in [1.29, 1.82) is 0 Å². The first-order valence-corrected chi connectivity index (χ1v) is 7.30. The van der Waals surface area contributed by atoms with Crippen molar-refractivity contribution in [1.82, 2.24) is 10.2 Å². The van der Waals surface area contributed by atoms with Crippen molar-refractivity contribution in [3.05, 3.63) is 35.9 Å². The fourth-order valence-corrected chi connectivity index (χ4v) is 2.72. The second-order valence-electron chi connectivity index (χ2n) is 5.51. The molecular formula is C16H26N2. The molecule has 18 heavy (non-hydrogen) atoms. The molecule has 1 heterocycles. The SMILES string of the molecule is CCC1CCN(Cc2ccccc2)CCC(C)N1. The van der Waals surface area contributed by atoms with Gasteiger partial charge in [0.2, 0.25) is 0 Å². The first kappa shape index (κ1) is 13.6. The second kappa shape index (κ2) is 6.91. The molecule has 1 fully saturated rings. The molecule has 0 radical (unpaired) electrons. The lowest BCUT2D eigenvalue weighted by Crippen LogP contribution is -2.43. The van der Waals surface area contributed by atoms with Crippen LogP contribution in [-0.4, -0.2) is 30.1 Å². The summed E-state index contributed by atoms with van der Waals surface area (Å²) in [6, 6.07) is 12.2. The van der Waals surface area contributed by atoms with Crippen LogP contribution in [0.5, 0.6) is 0 Å². The van der Waals surface area contributed by atoms with Crippen LogP contribution in [0.1, 0.15) is 38.7 Å². The lowest BCUT2D eigenvalue weighted by molar-refractivity contribution is 0.206. The highest BCUT2D eigenvalue weighted by Crippen LogP contribution is 2.12. The molecule has 2 unspecified atom stereocenters. The zero-order valence-corrected chi connectivity index (χ0v) is 11.7. The maximum Gasteiger partial charge on any atom is 0.0233 e. The van der Waals surface area contributed by atoms with Crippen molar-refractivity contribution in [2.24, 2.45) is 0 Å². The molecule has 1 saturated heterocycles. The molecule has 0 amide bonds. The number of nitrogens with one attached hydrogen (secondary N) is 1. The quantitative estimate of drug-likeness (QED) is 0.882. The van der Waals surface area contributed by atoms with Crippen molar-refractivity contribution in [2.45, 2.75) is 51.7 Å². The van der Waals surface area contributed by atoms with Crippen LogP contribution in [0, 0.1) is 0 Å². The smallest absolute Gasteiger partial charge is 0.0233 e. The Balaban J connectivity index is 1.91. The molecule has 2 nitrogen and oxygen atoms in total. The predicted molar refractivity (Wildman–Crippen MR) is 77.6 cm³/mol. The summed E-state index contributed by atoms with van der Waals surface area (Å²) < 4.78 is 0. The maximum absolute atomic E-state index is 3.73. The molecule has 0 saturated carbocycles. The van der Waals surface area contributed by atoms with Gasteiger partial charge in [0.1, 0.15) is 0 Å². The summed E-state index contributed by atoms with van der Waals surface area (Å²) in [6.45, 7) is 8.12. The zero-order chi connectivity index (χ0) is 12.8. The van der Waals surface area contributed by atoms with Crippen LogP contribution in [0.2, 0.25) is 0 Å². The van der Waals surface area contributed by atoms with Gasteiger partial charge in [0.05, 0.1) is 0 Å². The van der Waals surface area contributed by atoms with Gasteiger partial charge < -0.3 is 5.32 Å². The molecule has 1 N–H and O–H groups in total. The standard InChI is InChI=1S/C16H26N2/c1-3-16-10-12-18(11-9-14(2)17-16)13-15-7-5-4-6-8-15/h4-8,14,16-17H,3,9-13H2,1-2H3. The van der Waals surface area contributed by atoms with Crippen molar-refractivity contribution in [3.63, 3.8) is 0 Å². The Bertz CT molecular complexity index is 336. The van der Waals surface area contributed by atoms with E-state index in [9.17, 15) is 0 Å². The van der Waals surface area contributed by atoms with Crippen LogP contribution in [0.3, 0.4) is 0 Å². The maximum atomic E-state index is 3.73. The van der Waals surface area contributed by atoms with Crippen LogP contribution < -0.4 is 5.32 Å². The Labute approximate surface area is 111 Å². The van der Waals surface area contributed by atoms with Crippen molar-refractivity contribution in [3.8, 4) is 0 Å². The van der Waals surface area contributed by atoms with Gasteiger partial charge in [-0.15, -0.1) is 0 Å². The number of hydrogen-bond donors (Lipinski definition) is 1. The van der Waals surface area contributed by atoms with Gasteiger partial charge in [-0.1, -0.05) is 37.3 Å². The molecule has 2 heteroatoms. The number of rotatable bonds is 3. The van der Waals surface area contributed by atoms with Crippen molar-refractivity contribution < 1.29 is 0 Å². The van der Waals surface area contributed by atoms with Crippen LogP contribution in [-0.2, 0) is 6.54 Å². The minimum atomic E-state index is 0.647. The normalized spacial score (nSPS) is 26.6. The Morgan fingerprint density at radius 2 is 1.89 bits per heavy atom. The minimum Gasteiger partial charge on any atom is -0.311 e. The number of benzene rings is 1. The molecule has 100 valence electrons. The first-order chi connectivity index (χ1) is 8.78. The van der Waals surface area contributed by atoms with E-state index in [4.69, 9.17) is 0 Å². The molecule has 2 atom stereocenters. The summed E-state index contributed by atoms with van der Waals surface area (Å²) in [5.74, 6) is 0. The first-order valence-electron chi connectivity index (χ1n) is 7.30. The summed E-state index contributed by atoms with van der Waals surface area (Å²) in [7, 11) is 0. The van der Waals surface area contributed by atoms with Crippen LogP contribution >= 0.6 is 0 Å². The summed E-state index contributed by atoms with van der Waals surface area (Å²) >= 11 is 0. The van der Waals surface area contributed by atoms with Crippen molar-refractivity contribution in [2.75, 3.05) is 13.1 Å². The highest BCUT2D eigenvalue weighted by molar-refractivity contribution is 5.14. The molecule has 1 aromatic carbocycles. The van der Waals surface area contributed by atoms with Gasteiger partial charge in [-0.2, -0.15) is 0 Å². The Kier molecular flexibility index (Phi) is 5.21. The number of nitrogens with zero attached hydrogens (tertiary/aromatic N) is 1. The topological polar surface area (TPSA) is 15.3 Å². The van der Waals surface area contributed by atoms with Crippen molar-refractivity contribution >= 4 is 0 Å². The van der Waals surface area contributed by atoms with Crippen LogP contribution in [0.15, 0.2) is 30.3 Å². The van der Waals surface area contributed by atoms with Crippen LogP contribution in [0.4, 0.5) is 0 Å². The molecule has 1 aromatic rings. The average molecular weight is 246 g/mol. The average Bonchev–Trinajstić information content (AvgIpc) is 2.39. The van der Waals surface area contributed by atoms with E-state index in [1.165, 1.54) is 37.9 Å². The van der Waals surface area contributed by atoms with E-state index in [1.807, 2.05) is 0 Å². The lowest BCUT2D eigenvalue weighted by atomic mass is 10.1. The highest BCUT2D eigenvalue weighted by atomic mass is 15.1. The minimum absolute atomic E-state index is 0.647. The van der Waals surface area contributed by atoms with E-state index in [2.05, 4.69) is 54.4 Å². The van der Waals surface area contributed by atoms with E-state index in [0.717, 1.165) is 6.54 Å². The predicted octanol–water partition coefficient (Wildman–Crippen LogP) is 3.04. The molecule has 0 aliphatic carbocycles. The second-order valence-corrected chi connectivity index (χ2v) is 5.51. The summed E-state index contributed by atoms with van der Waals surface area (Å²) in [4.78, 5) is 2.61. The highest BCUT2D eigenvalue weighted by Gasteiger charge is 2.17. The third kappa shape index (κ3) is 4.11. The Hall–Kier alpha value is -0.860. The van der Waals surface area contributed by atoms with Gasteiger partial charge in [0.15, 0.2) is 0 Å².